The molecule has 0 spiro atoms. The maximum Gasteiger partial charge on any atom is 0.131 e. The lowest BCUT2D eigenvalue weighted by Crippen LogP contribution is -2.01. The zero-order valence-electron chi connectivity index (χ0n) is 19.9. The Labute approximate surface area is 217 Å². The molecule has 8 rings (SSSR count). The topological polar surface area (TPSA) is 22.8 Å². The van der Waals surface area contributed by atoms with Crippen molar-refractivity contribution in [1.82, 2.24) is 14.1 Å². The van der Waals surface area contributed by atoms with E-state index < -0.39 is 0 Å². The van der Waals surface area contributed by atoms with Gasteiger partial charge in [-0.2, -0.15) is 0 Å². The van der Waals surface area contributed by atoms with Crippen molar-refractivity contribution in [3.05, 3.63) is 127 Å². The molecule has 3 heterocycles. The number of thiazole rings is 1. The van der Waals surface area contributed by atoms with Crippen LogP contribution in [0.2, 0.25) is 0 Å². The van der Waals surface area contributed by atoms with Gasteiger partial charge in [0.15, 0.2) is 0 Å². The molecule has 0 radical (unpaired) electrons. The van der Waals surface area contributed by atoms with Gasteiger partial charge in [-0.25, -0.2) is 4.98 Å². The number of hydrogen-bond donors (Lipinski definition) is 0. The smallest absolute Gasteiger partial charge is 0.131 e. The number of benzene rings is 5. The molecular weight excluding hydrogens is 470 g/mol. The zero-order valence-corrected chi connectivity index (χ0v) is 20.7. The molecule has 3 nitrogen and oxygen atoms in total. The summed E-state index contributed by atoms with van der Waals surface area (Å²) in [6.45, 7) is 0. The first kappa shape index (κ1) is 20.5. The van der Waals surface area contributed by atoms with E-state index in [0.29, 0.717) is 0 Å². The van der Waals surface area contributed by atoms with E-state index in [1.807, 2.05) is 6.07 Å². The van der Waals surface area contributed by atoms with Crippen LogP contribution in [0.4, 0.5) is 0 Å². The highest BCUT2D eigenvalue weighted by Gasteiger charge is 2.21. The van der Waals surface area contributed by atoms with Crippen LogP contribution in [-0.4, -0.2) is 14.1 Å². The summed E-state index contributed by atoms with van der Waals surface area (Å²) < 4.78 is 6.01. The van der Waals surface area contributed by atoms with Crippen molar-refractivity contribution in [2.24, 2.45) is 0 Å². The van der Waals surface area contributed by atoms with Crippen LogP contribution in [0, 0.1) is 0 Å². The van der Waals surface area contributed by atoms with Gasteiger partial charge in [-0.05, 0) is 60.7 Å². The van der Waals surface area contributed by atoms with E-state index >= 15 is 0 Å². The fourth-order valence-corrected chi connectivity index (χ4v) is 6.52. The average molecular weight is 492 g/mol. The highest BCUT2D eigenvalue weighted by atomic mass is 32.1. The summed E-state index contributed by atoms with van der Waals surface area (Å²) in [5, 5.41) is 4.86. The molecule has 0 saturated heterocycles. The van der Waals surface area contributed by atoms with E-state index in [9.17, 15) is 0 Å². The maximum atomic E-state index is 4.87. The number of hydrogen-bond acceptors (Lipinski definition) is 2. The molecule has 3 aromatic heterocycles. The first-order valence-electron chi connectivity index (χ1n) is 12.4. The molecule has 0 amide bonds. The van der Waals surface area contributed by atoms with Crippen LogP contribution in [-0.2, 0) is 0 Å². The molecule has 0 atom stereocenters. The van der Waals surface area contributed by atoms with E-state index in [4.69, 9.17) is 4.98 Å². The maximum absolute atomic E-state index is 4.87. The molecule has 0 saturated carbocycles. The molecule has 0 unspecified atom stereocenters. The lowest BCUT2D eigenvalue weighted by molar-refractivity contribution is 1.07. The monoisotopic (exact) mass is 491 g/mol. The number of fused-ring (bicyclic) bond motifs is 6. The Kier molecular flexibility index (Phi) is 4.39. The van der Waals surface area contributed by atoms with Crippen LogP contribution in [0.5, 0.6) is 0 Å². The van der Waals surface area contributed by atoms with Gasteiger partial charge in [-0.15, -0.1) is 11.3 Å². The minimum atomic E-state index is 1.05. The van der Waals surface area contributed by atoms with Gasteiger partial charge < -0.3 is 0 Å². The Hall–Kier alpha value is -4.67. The minimum Gasteiger partial charge on any atom is -0.295 e. The van der Waals surface area contributed by atoms with E-state index in [1.54, 1.807) is 11.3 Å². The summed E-state index contributed by atoms with van der Waals surface area (Å²) >= 11 is 1.74. The van der Waals surface area contributed by atoms with Crippen molar-refractivity contribution in [1.29, 1.82) is 0 Å². The van der Waals surface area contributed by atoms with Gasteiger partial charge >= 0.3 is 0 Å². The Morgan fingerprint density at radius 2 is 1.08 bits per heavy atom. The Morgan fingerprint density at radius 1 is 0.514 bits per heavy atom. The van der Waals surface area contributed by atoms with Gasteiger partial charge in [0.05, 0.1) is 21.3 Å². The molecule has 8 aromatic rings. The van der Waals surface area contributed by atoms with E-state index in [0.717, 1.165) is 27.5 Å². The zero-order chi connectivity index (χ0) is 24.3. The van der Waals surface area contributed by atoms with Gasteiger partial charge in [-0.3, -0.25) is 9.13 Å². The molecule has 0 fully saturated rings. The van der Waals surface area contributed by atoms with Crippen LogP contribution in [0.15, 0.2) is 127 Å². The van der Waals surface area contributed by atoms with E-state index in [2.05, 4.69) is 130 Å². The second-order valence-corrected chi connectivity index (χ2v) is 10.3. The van der Waals surface area contributed by atoms with Crippen molar-refractivity contribution >= 4 is 54.4 Å². The SMILES string of the molecule is c1ccc(-n2c3ccccc3c3c4ccccc4n(-c4ccc(-c5nc6ccccc6s5)cc4)c32)cc1. The quantitative estimate of drug-likeness (QED) is 0.242. The summed E-state index contributed by atoms with van der Waals surface area (Å²) in [5.41, 5.74) is 8.08. The molecule has 5 aromatic carbocycles. The molecule has 0 aliphatic rings. The van der Waals surface area contributed by atoms with Crippen LogP contribution in [0.1, 0.15) is 0 Å². The number of rotatable bonds is 3. The summed E-state index contributed by atoms with van der Waals surface area (Å²) in [4.78, 5) is 4.87. The largest absolute Gasteiger partial charge is 0.295 e. The van der Waals surface area contributed by atoms with Gasteiger partial charge in [0.1, 0.15) is 10.7 Å². The average Bonchev–Trinajstić information content (AvgIpc) is 3.63. The molecule has 0 aliphatic heterocycles. The van der Waals surface area contributed by atoms with Crippen molar-refractivity contribution < 1.29 is 0 Å². The third-order valence-corrected chi connectivity index (χ3v) is 8.24. The fraction of sp³-hybridized carbons (Fsp3) is 0. The predicted octanol–water partition coefficient (Wildman–Crippen LogP) is 9.00. The lowest BCUT2D eigenvalue weighted by atomic mass is 10.1. The first-order valence-corrected chi connectivity index (χ1v) is 13.2. The Morgan fingerprint density at radius 3 is 1.76 bits per heavy atom. The van der Waals surface area contributed by atoms with E-state index in [1.165, 1.54) is 37.5 Å². The van der Waals surface area contributed by atoms with Crippen molar-refractivity contribution in [2.45, 2.75) is 0 Å². The second kappa shape index (κ2) is 7.92. The summed E-state index contributed by atoms with van der Waals surface area (Å²) in [6, 6.07) is 45.3. The summed E-state index contributed by atoms with van der Waals surface area (Å²) in [5.74, 6) is 0. The van der Waals surface area contributed by atoms with Crippen molar-refractivity contribution in [3.63, 3.8) is 0 Å². The highest BCUT2D eigenvalue weighted by molar-refractivity contribution is 7.21. The van der Waals surface area contributed by atoms with E-state index in [-0.39, 0.29) is 0 Å². The minimum absolute atomic E-state index is 1.05. The molecule has 0 bridgehead atoms. The van der Waals surface area contributed by atoms with Crippen molar-refractivity contribution in [3.8, 4) is 21.9 Å². The predicted molar refractivity (Wildman–Crippen MR) is 156 cm³/mol. The first-order chi connectivity index (χ1) is 18.4. The van der Waals surface area contributed by atoms with Gasteiger partial charge in [-0.1, -0.05) is 66.7 Å². The van der Waals surface area contributed by atoms with Gasteiger partial charge in [0.2, 0.25) is 0 Å². The van der Waals surface area contributed by atoms with Crippen LogP contribution in [0.3, 0.4) is 0 Å². The molecule has 37 heavy (non-hydrogen) atoms. The fourth-order valence-electron chi connectivity index (χ4n) is 5.55. The number of aromatic nitrogens is 3. The number of nitrogens with zero attached hydrogens (tertiary/aromatic N) is 3. The normalized spacial score (nSPS) is 11.8. The highest BCUT2D eigenvalue weighted by Crippen LogP contribution is 2.41. The lowest BCUT2D eigenvalue weighted by Gasteiger charge is -2.13. The van der Waals surface area contributed by atoms with Crippen LogP contribution < -0.4 is 0 Å². The molecule has 0 aliphatic carbocycles. The third-order valence-electron chi connectivity index (χ3n) is 7.16. The van der Waals surface area contributed by atoms with Crippen molar-refractivity contribution in [2.75, 3.05) is 0 Å². The van der Waals surface area contributed by atoms with Crippen LogP contribution in [0.25, 0.3) is 65.0 Å². The standard InChI is InChI=1S/C33H21N3S/c1-2-10-23(11-3-1)35-28-15-7-4-12-25(28)31-26-13-5-8-16-29(26)36(33(31)35)24-20-18-22(19-21-24)32-34-27-14-6-9-17-30(27)37-32/h1-21H. The summed E-state index contributed by atoms with van der Waals surface area (Å²) in [6.07, 6.45) is 0. The Bertz CT molecular complexity index is 2040. The molecule has 4 heteroatoms. The Balaban J connectivity index is 1.42. The third kappa shape index (κ3) is 3.03. The second-order valence-electron chi connectivity index (χ2n) is 9.27. The van der Waals surface area contributed by atoms with Gasteiger partial charge in [0, 0.05) is 33.1 Å². The van der Waals surface area contributed by atoms with Crippen LogP contribution >= 0.6 is 11.3 Å². The molecular formula is C33H21N3S. The molecule has 174 valence electrons. The summed E-state index contributed by atoms with van der Waals surface area (Å²) in [7, 11) is 0. The van der Waals surface area contributed by atoms with Gasteiger partial charge in [0.25, 0.3) is 0 Å². The molecule has 0 N–H and O–H groups in total. The number of para-hydroxylation sites is 4.